The molecular formula is C22H27F2NO. The molecule has 4 heteroatoms. The van der Waals surface area contributed by atoms with Gasteiger partial charge in [0.2, 0.25) is 5.91 Å². The van der Waals surface area contributed by atoms with E-state index >= 15 is 0 Å². The fraction of sp³-hybridized carbons (Fsp3) is 0.682. The summed E-state index contributed by atoms with van der Waals surface area (Å²) >= 11 is 0. The number of carbonyl (C=O) groups excluding carboxylic acids is 1. The van der Waals surface area contributed by atoms with Crippen molar-refractivity contribution in [3.8, 4) is 0 Å². The molecule has 0 spiro atoms. The number of halogens is 2. The Morgan fingerprint density at radius 3 is 2.15 bits per heavy atom. The summed E-state index contributed by atoms with van der Waals surface area (Å²) in [5.74, 6) is 1.66. The molecule has 5 aliphatic carbocycles. The second kappa shape index (κ2) is 5.53. The number of amides is 1. The van der Waals surface area contributed by atoms with Crippen LogP contribution in [0.1, 0.15) is 57.4 Å². The van der Waals surface area contributed by atoms with Gasteiger partial charge in [0, 0.05) is 23.4 Å². The Morgan fingerprint density at radius 2 is 1.65 bits per heavy atom. The minimum Gasteiger partial charge on any atom is -0.355 e. The van der Waals surface area contributed by atoms with Gasteiger partial charge in [-0.05, 0) is 80.2 Å². The normalized spacial score (nSPS) is 42.7. The third-order valence-corrected chi connectivity index (χ3v) is 8.01. The number of rotatable bonds is 4. The van der Waals surface area contributed by atoms with Gasteiger partial charge in [0.15, 0.2) is 0 Å². The van der Waals surface area contributed by atoms with Gasteiger partial charge in [0.05, 0.1) is 0 Å². The third kappa shape index (κ3) is 2.44. The molecule has 1 aromatic rings. The van der Waals surface area contributed by atoms with Gasteiger partial charge in [-0.2, -0.15) is 0 Å². The molecule has 140 valence electrons. The standard InChI is InChI=1S/C22H27F2NO/c1-13-8-22(13,18-3-2-17(23)7-19(18)24)12-25-20(26)21-9-14-4-15(10-21)6-16(5-14)11-21/h2-3,7,13-16H,4-6,8-12H2,1H3,(H,25,26). The lowest BCUT2D eigenvalue weighted by Crippen LogP contribution is -2.54. The molecule has 0 saturated heterocycles. The number of nitrogens with one attached hydrogen (secondary N) is 1. The van der Waals surface area contributed by atoms with Gasteiger partial charge in [-0.15, -0.1) is 0 Å². The Balaban J connectivity index is 1.33. The fourth-order valence-corrected chi connectivity index (χ4v) is 6.91. The highest BCUT2D eigenvalue weighted by Gasteiger charge is 2.57. The highest BCUT2D eigenvalue weighted by molar-refractivity contribution is 5.83. The molecular weight excluding hydrogens is 332 g/mol. The van der Waals surface area contributed by atoms with E-state index in [2.05, 4.69) is 12.2 Å². The van der Waals surface area contributed by atoms with Crippen LogP contribution in [-0.4, -0.2) is 12.5 Å². The van der Waals surface area contributed by atoms with E-state index in [1.165, 1.54) is 25.3 Å². The molecule has 2 unspecified atom stereocenters. The van der Waals surface area contributed by atoms with Crippen LogP contribution in [0.15, 0.2) is 18.2 Å². The van der Waals surface area contributed by atoms with Gasteiger partial charge in [0.1, 0.15) is 11.6 Å². The minimum atomic E-state index is -0.549. The summed E-state index contributed by atoms with van der Waals surface area (Å²) in [5, 5.41) is 3.21. The molecule has 1 N–H and O–H groups in total. The van der Waals surface area contributed by atoms with Crippen LogP contribution in [0, 0.1) is 40.7 Å². The predicted octanol–water partition coefficient (Wildman–Crippen LogP) is 4.58. The molecule has 0 radical (unpaired) electrons. The van der Waals surface area contributed by atoms with Crippen molar-refractivity contribution in [2.45, 2.75) is 57.3 Å². The van der Waals surface area contributed by atoms with Crippen molar-refractivity contribution < 1.29 is 13.6 Å². The molecule has 2 nitrogen and oxygen atoms in total. The smallest absolute Gasteiger partial charge is 0.226 e. The van der Waals surface area contributed by atoms with Gasteiger partial charge in [0.25, 0.3) is 0 Å². The maximum Gasteiger partial charge on any atom is 0.226 e. The number of hydrogen-bond donors (Lipinski definition) is 1. The first-order chi connectivity index (χ1) is 12.4. The maximum atomic E-state index is 14.3. The average molecular weight is 359 g/mol. The second-order valence-corrected chi connectivity index (χ2v) is 9.77. The van der Waals surface area contributed by atoms with E-state index in [9.17, 15) is 13.6 Å². The maximum absolute atomic E-state index is 14.3. The van der Waals surface area contributed by atoms with Crippen LogP contribution < -0.4 is 5.32 Å². The van der Waals surface area contributed by atoms with E-state index in [1.807, 2.05) is 0 Å². The lowest BCUT2D eigenvalue weighted by molar-refractivity contribution is -0.146. The van der Waals surface area contributed by atoms with Gasteiger partial charge in [-0.1, -0.05) is 13.0 Å². The van der Waals surface area contributed by atoms with Crippen LogP contribution in [0.5, 0.6) is 0 Å². The summed E-state index contributed by atoms with van der Waals surface area (Å²) in [6.45, 7) is 2.55. The van der Waals surface area contributed by atoms with Crippen molar-refractivity contribution in [2.24, 2.45) is 29.1 Å². The van der Waals surface area contributed by atoms with E-state index in [-0.39, 0.29) is 16.7 Å². The molecule has 4 bridgehead atoms. The SMILES string of the molecule is CC1CC1(CNC(=O)C12CC3CC(CC(C3)C1)C2)c1ccc(F)cc1F. The summed E-state index contributed by atoms with van der Waals surface area (Å²) in [4.78, 5) is 13.2. The van der Waals surface area contributed by atoms with Crippen LogP contribution in [0.4, 0.5) is 8.78 Å². The molecule has 6 rings (SSSR count). The largest absolute Gasteiger partial charge is 0.355 e. The zero-order valence-electron chi connectivity index (χ0n) is 15.4. The highest BCUT2D eigenvalue weighted by atomic mass is 19.1. The minimum absolute atomic E-state index is 0.171. The molecule has 0 aliphatic heterocycles. The topological polar surface area (TPSA) is 29.1 Å². The number of benzene rings is 1. The van der Waals surface area contributed by atoms with E-state index < -0.39 is 11.6 Å². The Kier molecular flexibility index (Phi) is 3.55. The molecule has 26 heavy (non-hydrogen) atoms. The van der Waals surface area contributed by atoms with Crippen molar-refractivity contribution in [3.05, 3.63) is 35.4 Å². The van der Waals surface area contributed by atoms with E-state index in [1.54, 1.807) is 6.07 Å². The van der Waals surface area contributed by atoms with Gasteiger partial charge >= 0.3 is 0 Å². The molecule has 2 atom stereocenters. The lowest BCUT2D eigenvalue weighted by Gasteiger charge is -2.55. The van der Waals surface area contributed by atoms with Crippen molar-refractivity contribution in [3.63, 3.8) is 0 Å². The number of carbonyl (C=O) groups is 1. The summed E-state index contributed by atoms with van der Waals surface area (Å²) in [7, 11) is 0. The monoisotopic (exact) mass is 359 g/mol. The first-order valence-electron chi connectivity index (χ1n) is 10.1. The van der Waals surface area contributed by atoms with Crippen molar-refractivity contribution in [1.29, 1.82) is 0 Å². The molecule has 0 heterocycles. The summed E-state index contributed by atoms with van der Waals surface area (Å²) in [6.07, 6.45) is 7.91. The van der Waals surface area contributed by atoms with Crippen LogP contribution in [-0.2, 0) is 10.2 Å². The molecule has 5 fully saturated rings. The van der Waals surface area contributed by atoms with Gasteiger partial charge < -0.3 is 5.32 Å². The number of hydrogen-bond acceptors (Lipinski definition) is 1. The van der Waals surface area contributed by atoms with Gasteiger partial charge in [-0.3, -0.25) is 4.79 Å². The second-order valence-electron chi connectivity index (χ2n) is 9.77. The van der Waals surface area contributed by atoms with Crippen molar-refractivity contribution >= 4 is 5.91 Å². The molecule has 0 aromatic heterocycles. The van der Waals surface area contributed by atoms with E-state index in [0.717, 1.165) is 49.5 Å². The predicted molar refractivity (Wildman–Crippen MR) is 95.4 cm³/mol. The average Bonchev–Trinajstić information content (AvgIpc) is 3.22. The van der Waals surface area contributed by atoms with E-state index in [0.29, 0.717) is 18.0 Å². The fourth-order valence-electron chi connectivity index (χ4n) is 6.91. The van der Waals surface area contributed by atoms with Crippen molar-refractivity contribution in [1.82, 2.24) is 5.32 Å². The highest BCUT2D eigenvalue weighted by Crippen LogP contribution is 2.60. The third-order valence-electron chi connectivity index (χ3n) is 8.01. The van der Waals surface area contributed by atoms with Crippen molar-refractivity contribution in [2.75, 3.05) is 6.54 Å². The molecule has 1 amide bonds. The summed E-state index contributed by atoms with van der Waals surface area (Å²) < 4.78 is 27.6. The van der Waals surface area contributed by atoms with E-state index in [4.69, 9.17) is 0 Å². The lowest BCUT2D eigenvalue weighted by atomic mass is 9.49. The Morgan fingerprint density at radius 1 is 1.08 bits per heavy atom. The first-order valence-corrected chi connectivity index (χ1v) is 10.1. The molecule has 1 aromatic carbocycles. The van der Waals surface area contributed by atoms with Crippen LogP contribution in [0.3, 0.4) is 0 Å². The van der Waals surface area contributed by atoms with Crippen LogP contribution >= 0.6 is 0 Å². The summed E-state index contributed by atoms with van der Waals surface area (Å²) in [6, 6.07) is 3.85. The van der Waals surface area contributed by atoms with Gasteiger partial charge in [-0.25, -0.2) is 8.78 Å². The zero-order valence-corrected chi connectivity index (χ0v) is 15.4. The Hall–Kier alpha value is -1.45. The first kappa shape index (κ1) is 16.7. The zero-order chi connectivity index (χ0) is 18.1. The Bertz CT molecular complexity index is 725. The molecule has 5 saturated carbocycles. The molecule has 5 aliphatic rings. The summed E-state index contributed by atoms with van der Waals surface area (Å²) in [5.41, 5.74) is 0.0164. The van der Waals surface area contributed by atoms with Crippen LogP contribution in [0.25, 0.3) is 0 Å². The Labute approximate surface area is 153 Å². The quantitative estimate of drug-likeness (QED) is 0.838. The van der Waals surface area contributed by atoms with Crippen LogP contribution in [0.2, 0.25) is 0 Å².